The van der Waals surface area contributed by atoms with Gasteiger partial charge >= 0.3 is 0 Å². The molecule has 0 spiro atoms. The fourth-order valence-corrected chi connectivity index (χ4v) is 1.50. The molecular formula is C10H11N3O2S. The van der Waals surface area contributed by atoms with Crippen LogP contribution in [0.15, 0.2) is 18.2 Å². The lowest BCUT2D eigenvalue weighted by atomic mass is 10.2. The molecule has 0 fully saturated rings. The summed E-state index contributed by atoms with van der Waals surface area (Å²) in [5, 5.41) is 22.5. The van der Waals surface area contributed by atoms with Crippen molar-refractivity contribution >= 4 is 23.1 Å². The number of hydrogen-bond donors (Lipinski definition) is 1. The van der Waals surface area contributed by atoms with Gasteiger partial charge in [0.15, 0.2) is 0 Å². The van der Waals surface area contributed by atoms with Crippen LogP contribution in [-0.4, -0.2) is 23.5 Å². The topological polar surface area (TPSA) is 79.0 Å². The molecule has 1 rings (SSSR count). The number of hydrogen-bond acceptors (Lipinski definition) is 5. The quantitative estimate of drug-likeness (QED) is 0.482. The Morgan fingerprint density at radius 2 is 2.38 bits per heavy atom. The number of nitriles is 1. The number of thioether (sulfide) groups is 1. The molecule has 1 N–H and O–H groups in total. The van der Waals surface area contributed by atoms with E-state index >= 15 is 0 Å². The van der Waals surface area contributed by atoms with Crippen molar-refractivity contribution in [2.45, 2.75) is 0 Å². The standard InChI is InChI=1S/C10H11N3O2S/c1-16-5-4-12-9-2-3-10(13(14)15)8(6-9)7-11/h2-3,6,12H,4-5H2,1H3. The van der Waals surface area contributed by atoms with Crippen molar-refractivity contribution in [1.29, 1.82) is 5.26 Å². The van der Waals surface area contributed by atoms with E-state index in [1.165, 1.54) is 12.1 Å². The van der Waals surface area contributed by atoms with Crippen LogP contribution in [0.25, 0.3) is 0 Å². The van der Waals surface area contributed by atoms with Gasteiger partial charge in [-0.3, -0.25) is 10.1 Å². The molecule has 84 valence electrons. The van der Waals surface area contributed by atoms with Crippen molar-refractivity contribution in [3.05, 3.63) is 33.9 Å². The van der Waals surface area contributed by atoms with Crippen LogP contribution >= 0.6 is 11.8 Å². The van der Waals surface area contributed by atoms with E-state index in [9.17, 15) is 10.1 Å². The van der Waals surface area contributed by atoms with Crippen molar-refractivity contribution in [3.63, 3.8) is 0 Å². The summed E-state index contributed by atoms with van der Waals surface area (Å²) in [5.41, 5.74) is 0.660. The number of nitro groups is 1. The molecule has 1 aromatic rings. The Morgan fingerprint density at radius 3 is 2.94 bits per heavy atom. The second kappa shape index (κ2) is 5.98. The van der Waals surface area contributed by atoms with E-state index in [0.717, 1.165) is 18.0 Å². The maximum absolute atomic E-state index is 10.6. The molecule has 0 bridgehead atoms. The first-order valence-corrected chi connectivity index (χ1v) is 5.99. The second-order valence-corrected chi connectivity index (χ2v) is 4.01. The first kappa shape index (κ1) is 12.3. The molecule has 0 radical (unpaired) electrons. The fourth-order valence-electron chi connectivity index (χ4n) is 1.19. The molecule has 0 aliphatic heterocycles. The van der Waals surface area contributed by atoms with Gasteiger partial charge in [-0.2, -0.15) is 17.0 Å². The third-order valence-corrected chi connectivity index (χ3v) is 2.56. The molecule has 0 amide bonds. The van der Waals surface area contributed by atoms with E-state index in [0.29, 0.717) is 0 Å². The Morgan fingerprint density at radius 1 is 1.62 bits per heavy atom. The summed E-state index contributed by atoms with van der Waals surface area (Å²) in [6.07, 6.45) is 2.00. The Kier molecular flexibility index (Phi) is 4.61. The highest BCUT2D eigenvalue weighted by Gasteiger charge is 2.13. The SMILES string of the molecule is CSCCNc1ccc([N+](=O)[O-])c(C#N)c1. The summed E-state index contributed by atoms with van der Waals surface area (Å²) >= 11 is 1.70. The molecule has 0 unspecified atom stereocenters. The summed E-state index contributed by atoms with van der Waals surface area (Å²) in [6, 6.07) is 6.28. The molecule has 0 heterocycles. The maximum Gasteiger partial charge on any atom is 0.287 e. The van der Waals surface area contributed by atoms with Crippen molar-refractivity contribution in [2.75, 3.05) is 23.9 Å². The van der Waals surface area contributed by atoms with Gasteiger partial charge in [-0.05, 0) is 18.4 Å². The predicted molar refractivity (Wildman–Crippen MR) is 64.7 cm³/mol. The van der Waals surface area contributed by atoms with Gasteiger partial charge < -0.3 is 5.32 Å². The number of rotatable bonds is 5. The normalized spacial score (nSPS) is 9.50. The second-order valence-electron chi connectivity index (χ2n) is 3.02. The summed E-state index contributed by atoms with van der Waals surface area (Å²) in [5.74, 6) is 0.943. The van der Waals surface area contributed by atoms with Crippen LogP contribution in [0.3, 0.4) is 0 Å². The summed E-state index contributed by atoms with van der Waals surface area (Å²) < 4.78 is 0. The van der Waals surface area contributed by atoms with E-state index < -0.39 is 4.92 Å². The van der Waals surface area contributed by atoms with E-state index in [2.05, 4.69) is 5.32 Å². The molecule has 0 aliphatic carbocycles. The van der Waals surface area contributed by atoms with E-state index in [4.69, 9.17) is 5.26 Å². The third-order valence-electron chi connectivity index (χ3n) is 1.95. The molecule has 0 atom stereocenters. The predicted octanol–water partition coefficient (Wildman–Crippen LogP) is 2.24. The average molecular weight is 237 g/mol. The minimum absolute atomic E-state index is 0.0825. The molecule has 5 nitrogen and oxygen atoms in total. The van der Waals surface area contributed by atoms with Crippen molar-refractivity contribution < 1.29 is 4.92 Å². The smallest absolute Gasteiger partial charge is 0.287 e. The van der Waals surface area contributed by atoms with Gasteiger partial charge in [0.05, 0.1) is 4.92 Å². The zero-order valence-electron chi connectivity index (χ0n) is 8.77. The number of nitrogens with zero attached hydrogens (tertiary/aromatic N) is 2. The number of nitrogens with one attached hydrogen (secondary N) is 1. The minimum Gasteiger partial charge on any atom is -0.384 e. The largest absolute Gasteiger partial charge is 0.384 e. The molecule has 0 aliphatic rings. The molecule has 0 aromatic heterocycles. The van der Waals surface area contributed by atoms with Crippen LogP contribution in [0.5, 0.6) is 0 Å². The lowest BCUT2D eigenvalue weighted by molar-refractivity contribution is -0.385. The molecule has 16 heavy (non-hydrogen) atoms. The minimum atomic E-state index is -0.551. The zero-order valence-corrected chi connectivity index (χ0v) is 9.58. The molecule has 0 saturated carbocycles. The summed E-state index contributed by atoms with van der Waals surface area (Å²) in [4.78, 5) is 10.0. The highest BCUT2D eigenvalue weighted by molar-refractivity contribution is 7.98. The van der Waals surface area contributed by atoms with Gasteiger partial charge in [0, 0.05) is 24.1 Å². The fraction of sp³-hybridized carbons (Fsp3) is 0.300. The lowest BCUT2D eigenvalue weighted by Gasteiger charge is -2.05. The Labute approximate surface area is 97.6 Å². The first-order chi connectivity index (χ1) is 7.69. The van der Waals surface area contributed by atoms with Crippen molar-refractivity contribution in [1.82, 2.24) is 0 Å². The van der Waals surface area contributed by atoms with E-state index in [1.807, 2.05) is 12.3 Å². The van der Waals surface area contributed by atoms with Gasteiger partial charge in [-0.25, -0.2) is 0 Å². The van der Waals surface area contributed by atoms with Crippen LogP contribution in [-0.2, 0) is 0 Å². The summed E-state index contributed by atoms with van der Waals surface area (Å²) in [7, 11) is 0. The Bertz CT molecular complexity index is 429. The van der Waals surface area contributed by atoms with E-state index in [-0.39, 0.29) is 11.3 Å². The number of anilines is 1. The Balaban J connectivity index is 2.84. The Hall–Kier alpha value is -1.74. The van der Waals surface area contributed by atoms with Gasteiger partial charge in [-0.15, -0.1) is 0 Å². The van der Waals surface area contributed by atoms with Crippen LogP contribution in [0.2, 0.25) is 0 Å². The van der Waals surface area contributed by atoms with Gasteiger partial charge in [-0.1, -0.05) is 0 Å². The van der Waals surface area contributed by atoms with E-state index in [1.54, 1.807) is 17.8 Å². The molecule has 6 heteroatoms. The van der Waals surface area contributed by atoms with Crippen LogP contribution < -0.4 is 5.32 Å². The van der Waals surface area contributed by atoms with Crippen molar-refractivity contribution in [2.24, 2.45) is 0 Å². The highest BCUT2D eigenvalue weighted by atomic mass is 32.2. The summed E-state index contributed by atoms with van der Waals surface area (Å²) in [6.45, 7) is 0.768. The average Bonchev–Trinajstić information content (AvgIpc) is 2.29. The molecule has 1 aromatic carbocycles. The highest BCUT2D eigenvalue weighted by Crippen LogP contribution is 2.21. The number of nitro benzene ring substituents is 1. The van der Waals surface area contributed by atoms with Gasteiger partial charge in [0.1, 0.15) is 11.6 Å². The van der Waals surface area contributed by atoms with Crippen LogP contribution in [0.4, 0.5) is 11.4 Å². The number of benzene rings is 1. The van der Waals surface area contributed by atoms with Crippen LogP contribution in [0, 0.1) is 21.4 Å². The van der Waals surface area contributed by atoms with Crippen LogP contribution in [0.1, 0.15) is 5.56 Å². The molecule has 0 saturated heterocycles. The monoisotopic (exact) mass is 237 g/mol. The maximum atomic E-state index is 10.6. The zero-order chi connectivity index (χ0) is 12.0. The van der Waals surface area contributed by atoms with Crippen molar-refractivity contribution in [3.8, 4) is 6.07 Å². The van der Waals surface area contributed by atoms with Gasteiger partial charge in [0.2, 0.25) is 0 Å². The third kappa shape index (κ3) is 3.14. The van der Waals surface area contributed by atoms with Gasteiger partial charge in [0.25, 0.3) is 5.69 Å². The first-order valence-electron chi connectivity index (χ1n) is 4.60. The lowest BCUT2D eigenvalue weighted by Crippen LogP contribution is -2.04. The molecular weight excluding hydrogens is 226 g/mol.